The van der Waals surface area contributed by atoms with Crippen molar-refractivity contribution in [2.24, 2.45) is 0 Å². The Kier molecular flexibility index (Phi) is 4.38. The summed E-state index contributed by atoms with van der Waals surface area (Å²) < 4.78 is 0. The van der Waals surface area contributed by atoms with E-state index in [-0.39, 0.29) is 6.61 Å². The van der Waals surface area contributed by atoms with E-state index in [0.717, 1.165) is 5.56 Å². The largest absolute Gasteiger partial charge is 0.395 e. The van der Waals surface area contributed by atoms with Crippen molar-refractivity contribution in [2.45, 2.75) is 38.8 Å². The van der Waals surface area contributed by atoms with Crippen LogP contribution in [-0.4, -0.2) is 40.9 Å². The van der Waals surface area contributed by atoms with Crippen LogP contribution in [0.1, 0.15) is 35.6 Å². The highest BCUT2D eigenvalue weighted by Crippen LogP contribution is 2.28. The van der Waals surface area contributed by atoms with Crippen LogP contribution in [-0.2, 0) is 0 Å². The van der Waals surface area contributed by atoms with Crippen LogP contribution in [0.2, 0.25) is 0 Å². The summed E-state index contributed by atoms with van der Waals surface area (Å²) >= 11 is 0. The quantitative estimate of drug-likeness (QED) is 0.808. The van der Waals surface area contributed by atoms with Crippen LogP contribution in [0.5, 0.6) is 0 Å². The molecule has 0 radical (unpaired) electrons. The summed E-state index contributed by atoms with van der Waals surface area (Å²) in [5.41, 5.74) is 3.44. The molecule has 1 aliphatic rings. The molecule has 3 nitrogen and oxygen atoms in total. The van der Waals surface area contributed by atoms with Crippen molar-refractivity contribution < 1.29 is 10.2 Å². The van der Waals surface area contributed by atoms with Crippen molar-refractivity contribution in [3.05, 3.63) is 34.9 Å². The fourth-order valence-corrected chi connectivity index (χ4v) is 2.29. The van der Waals surface area contributed by atoms with Crippen LogP contribution in [0.15, 0.2) is 18.2 Å². The normalized spacial score (nSPS) is 17.2. The molecule has 0 amide bonds. The average Bonchev–Trinajstić information content (AvgIpc) is 3.16. The molecule has 0 spiro atoms. The minimum atomic E-state index is -0.462. The lowest BCUT2D eigenvalue weighted by molar-refractivity contribution is 0.0952. The monoisotopic (exact) mass is 249 g/mol. The summed E-state index contributed by atoms with van der Waals surface area (Å²) in [5.74, 6) is 0. The Bertz CT molecular complexity index is 401. The number of aliphatic hydroxyl groups is 2. The van der Waals surface area contributed by atoms with E-state index >= 15 is 0 Å². The molecule has 1 atom stereocenters. The first-order valence-corrected chi connectivity index (χ1v) is 6.72. The maximum absolute atomic E-state index is 10.3. The Morgan fingerprint density at radius 3 is 2.56 bits per heavy atom. The topological polar surface area (TPSA) is 43.7 Å². The van der Waals surface area contributed by atoms with Gasteiger partial charge < -0.3 is 10.2 Å². The molecule has 0 unspecified atom stereocenters. The van der Waals surface area contributed by atoms with E-state index in [4.69, 9.17) is 5.11 Å². The molecule has 0 saturated heterocycles. The highest BCUT2D eigenvalue weighted by atomic mass is 16.3. The summed E-state index contributed by atoms with van der Waals surface area (Å²) in [6.45, 7) is 5.59. The smallest absolute Gasteiger partial charge is 0.0917 e. The molecule has 0 heterocycles. The minimum Gasteiger partial charge on any atom is -0.395 e. The van der Waals surface area contributed by atoms with Gasteiger partial charge in [-0.2, -0.15) is 0 Å². The standard InChI is InChI=1S/C15H23NO2/c1-11-3-4-13(9-12(11)2)15(18)10-16(7-8-17)14-5-6-14/h3-4,9,14-15,17-18H,5-8,10H2,1-2H3/t15-/m1/s1. The van der Waals surface area contributed by atoms with Gasteiger partial charge in [0, 0.05) is 19.1 Å². The molecule has 2 N–H and O–H groups in total. The van der Waals surface area contributed by atoms with E-state index in [1.165, 1.54) is 24.0 Å². The zero-order valence-electron chi connectivity index (χ0n) is 11.3. The van der Waals surface area contributed by atoms with Gasteiger partial charge in [-0.15, -0.1) is 0 Å². The summed E-state index contributed by atoms with van der Waals surface area (Å²) in [6, 6.07) is 6.68. The van der Waals surface area contributed by atoms with Gasteiger partial charge in [0.1, 0.15) is 0 Å². The molecule has 1 aromatic carbocycles. The average molecular weight is 249 g/mol. The van der Waals surface area contributed by atoms with E-state index in [1.54, 1.807) is 0 Å². The van der Waals surface area contributed by atoms with Gasteiger partial charge in [-0.3, -0.25) is 4.90 Å². The third kappa shape index (κ3) is 3.31. The fourth-order valence-electron chi connectivity index (χ4n) is 2.29. The lowest BCUT2D eigenvalue weighted by atomic mass is 10.0. The fraction of sp³-hybridized carbons (Fsp3) is 0.600. The van der Waals surface area contributed by atoms with Gasteiger partial charge in [-0.1, -0.05) is 18.2 Å². The predicted molar refractivity (Wildman–Crippen MR) is 72.6 cm³/mol. The molecule has 1 aliphatic carbocycles. The first-order chi connectivity index (χ1) is 8.61. The van der Waals surface area contributed by atoms with Crippen molar-refractivity contribution in [1.29, 1.82) is 0 Å². The van der Waals surface area contributed by atoms with Crippen molar-refractivity contribution in [2.75, 3.05) is 19.7 Å². The molecule has 18 heavy (non-hydrogen) atoms. The second kappa shape index (κ2) is 5.83. The Balaban J connectivity index is 2.00. The van der Waals surface area contributed by atoms with Crippen molar-refractivity contribution in [1.82, 2.24) is 4.90 Å². The summed E-state index contributed by atoms with van der Waals surface area (Å²) in [5, 5.41) is 19.3. The Morgan fingerprint density at radius 1 is 1.28 bits per heavy atom. The third-order valence-electron chi connectivity index (χ3n) is 3.77. The van der Waals surface area contributed by atoms with Gasteiger partial charge in [0.15, 0.2) is 0 Å². The Labute approximate surface area is 109 Å². The molecule has 0 bridgehead atoms. The van der Waals surface area contributed by atoms with E-state index in [1.807, 2.05) is 6.07 Å². The second-order valence-electron chi connectivity index (χ2n) is 5.31. The summed E-state index contributed by atoms with van der Waals surface area (Å²) in [6.07, 6.45) is 1.93. The lowest BCUT2D eigenvalue weighted by Crippen LogP contribution is -2.33. The van der Waals surface area contributed by atoms with Crippen LogP contribution in [0.3, 0.4) is 0 Å². The summed E-state index contributed by atoms with van der Waals surface area (Å²) in [7, 11) is 0. The number of aryl methyl sites for hydroxylation is 2. The van der Waals surface area contributed by atoms with Gasteiger partial charge in [0.2, 0.25) is 0 Å². The van der Waals surface area contributed by atoms with Crippen molar-refractivity contribution in [3.63, 3.8) is 0 Å². The molecule has 2 rings (SSSR count). The van der Waals surface area contributed by atoms with Crippen LogP contribution in [0, 0.1) is 13.8 Å². The molecule has 0 aliphatic heterocycles. The number of nitrogens with zero attached hydrogens (tertiary/aromatic N) is 1. The number of benzene rings is 1. The van der Waals surface area contributed by atoms with E-state index in [2.05, 4.69) is 30.9 Å². The van der Waals surface area contributed by atoms with Gasteiger partial charge in [0.05, 0.1) is 12.7 Å². The van der Waals surface area contributed by atoms with Crippen LogP contribution < -0.4 is 0 Å². The molecule has 1 saturated carbocycles. The highest BCUT2D eigenvalue weighted by molar-refractivity contribution is 5.31. The molecule has 100 valence electrons. The molecule has 0 aromatic heterocycles. The van der Waals surface area contributed by atoms with E-state index in [9.17, 15) is 5.11 Å². The molecule has 3 heteroatoms. The van der Waals surface area contributed by atoms with Crippen molar-refractivity contribution in [3.8, 4) is 0 Å². The number of aliphatic hydroxyl groups excluding tert-OH is 2. The molecule has 1 fully saturated rings. The number of hydrogen-bond donors (Lipinski definition) is 2. The predicted octanol–water partition coefficient (Wildman–Crippen LogP) is 1.79. The van der Waals surface area contributed by atoms with Gasteiger partial charge in [-0.05, 0) is 43.4 Å². The van der Waals surface area contributed by atoms with E-state index < -0.39 is 6.10 Å². The first kappa shape index (κ1) is 13.5. The number of hydrogen-bond acceptors (Lipinski definition) is 3. The first-order valence-electron chi connectivity index (χ1n) is 6.72. The molecular weight excluding hydrogens is 226 g/mol. The second-order valence-corrected chi connectivity index (χ2v) is 5.31. The van der Waals surface area contributed by atoms with Gasteiger partial charge in [0.25, 0.3) is 0 Å². The zero-order valence-corrected chi connectivity index (χ0v) is 11.3. The van der Waals surface area contributed by atoms with Crippen LogP contribution in [0.4, 0.5) is 0 Å². The van der Waals surface area contributed by atoms with Crippen LogP contribution in [0.25, 0.3) is 0 Å². The maximum Gasteiger partial charge on any atom is 0.0917 e. The maximum atomic E-state index is 10.3. The third-order valence-corrected chi connectivity index (χ3v) is 3.77. The Morgan fingerprint density at radius 2 is 2.00 bits per heavy atom. The molecular formula is C15H23NO2. The van der Waals surface area contributed by atoms with Gasteiger partial charge in [-0.25, -0.2) is 0 Å². The van der Waals surface area contributed by atoms with Crippen LogP contribution >= 0.6 is 0 Å². The van der Waals surface area contributed by atoms with Gasteiger partial charge >= 0.3 is 0 Å². The number of rotatable bonds is 6. The lowest BCUT2D eigenvalue weighted by Gasteiger charge is -2.24. The minimum absolute atomic E-state index is 0.163. The zero-order chi connectivity index (χ0) is 13.1. The SMILES string of the molecule is Cc1ccc([C@H](O)CN(CCO)C2CC2)cc1C. The highest BCUT2D eigenvalue weighted by Gasteiger charge is 2.29. The molecule has 1 aromatic rings. The van der Waals surface area contributed by atoms with E-state index in [0.29, 0.717) is 19.1 Å². The summed E-state index contributed by atoms with van der Waals surface area (Å²) in [4.78, 5) is 2.19. The van der Waals surface area contributed by atoms with Crippen molar-refractivity contribution >= 4 is 0 Å². The Hall–Kier alpha value is -0.900.